The summed E-state index contributed by atoms with van der Waals surface area (Å²) in [6.45, 7) is 1.82. The molecule has 8 heavy (non-hydrogen) atoms. The monoisotopic (exact) mass is 124 g/mol. The molecule has 0 saturated carbocycles. The van der Waals surface area contributed by atoms with Crippen molar-refractivity contribution in [1.82, 2.24) is 0 Å². The summed E-state index contributed by atoms with van der Waals surface area (Å²) in [5.74, 6) is -2.40. The van der Waals surface area contributed by atoms with Gasteiger partial charge in [-0.3, -0.25) is 0 Å². The molecule has 0 aliphatic heterocycles. The second kappa shape index (κ2) is 2.74. The van der Waals surface area contributed by atoms with Crippen LogP contribution in [0, 0.1) is 0 Å². The second-order valence-corrected chi connectivity index (χ2v) is 1.50. The summed E-state index contributed by atoms with van der Waals surface area (Å²) in [6.07, 6.45) is -1.82. The Morgan fingerprint density at radius 1 is 1.38 bits per heavy atom. The van der Waals surface area contributed by atoms with E-state index < -0.39 is 17.8 Å². The van der Waals surface area contributed by atoms with E-state index in [0.717, 1.165) is 13.8 Å². The van der Waals surface area contributed by atoms with Crippen molar-refractivity contribution in [2.24, 2.45) is 0 Å². The van der Waals surface area contributed by atoms with Gasteiger partial charge in [-0.25, -0.2) is 13.2 Å². The number of allylic oxidation sites excluding steroid dienone is 2. The van der Waals surface area contributed by atoms with Crippen LogP contribution in [0.5, 0.6) is 0 Å². The molecule has 0 nitrogen and oxygen atoms in total. The van der Waals surface area contributed by atoms with Gasteiger partial charge in [0.05, 0.1) is 0 Å². The van der Waals surface area contributed by atoms with Gasteiger partial charge in [-0.15, -0.1) is 0 Å². The Morgan fingerprint density at radius 2 is 1.75 bits per heavy atom. The van der Waals surface area contributed by atoms with Gasteiger partial charge in [0.1, 0.15) is 5.83 Å². The van der Waals surface area contributed by atoms with Crippen LogP contribution in [0.3, 0.4) is 0 Å². The van der Waals surface area contributed by atoms with E-state index >= 15 is 0 Å². The molecule has 0 spiro atoms. The predicted molar refractivity (Wildman–Crippen MR) is 25.5 cm³/mol. The summed E-state index contributed by atoms with van der Waals surface area (Å²) >= 11 is 0. The summed E-state index contributed by atoms with van der Waals surface area (Å²) in [4.78, 5) is 0. The standard InChI is InChI=1S/C5H7F3/c1-3(6)5(8)4(2)7/h3H,1-2H3. The summed E-state index contributed by atoms with van der Waals surface area (Å²) in [5, 5.41) is 0. The number of hydrogen-bond donors (Lipinski definition) is 0. The average Bonchev–Trinajstić information content (AvgIpc) is 1.64. The SMILES string of the molecule is CC(F)=C(F)C(C)F. The molecule has 0 fully saturated rings. The molecule has 0 aromatic carbocycles. The van der Waals surface area contributed by atoms with Gasteiger partial charge < -0.3 is 0 Å². The Balaban J connectivity index is 4.00. The third-order valence-corrected chi connectivity index (χ3v) is 0.678. The number of rotatable bonds is 1. The van der Waals surface area contributed by atoms with Crippen molar-refractivity contribution >= 4 is 0 Å². The lowest BCUT2D eigenvalue weighted by atomic mass is 10.3. The van der Waals surface area contributed by atoms with Gasteiger partial charge in [0.25, 0.3) is 0 Å². The first kappa shape index (κ1) is 7.53. The van der Waals surface area contributed by atoms with Gasteiger partial charge in [-0.1, -0.05) is 0 Å². The van der Waals surface area contributed by atoms with Crippen molar-refractivity contribution in [3.63, 3.8) is 0 Å². The van der Waals surface area contributed by atoms with E-state index in [1.807, 2.05) is 0 Å². The first-order chi connectivity index (χ1) is 3.55. The molecule has 1 atom stereocenters. The maximum Gasteiger partial charge on any atom is 0.165 e. The molecule has 0 saturated heterocycles. The highest BCUT2D eigenvalue weighted by atomic mass is 19.2. The van der Waals surface area contributed by atoms with Crippen LogP contribution in [0.1, 0.15) is 13.8 Å². The lowest BCUT2D eigenvalue weighted by Gasteiger charge is -1.94. The molecular weight excluding hydrogens is 117 g/mol. The molecule has 0 aliphatic rings. The van der Waals surface area contributed by atoms with E-state index in [-0.39, 0.29) is 0 Å². The third-order valence-electron chi connectivity index (χ3n) is 0.678. The molecule has 0 N–H and O–H groups in total. The first-order valence-corrected chi connectivity index (χ1v) is 2.21. The Labute approximate surface area is 46.0 Å². The van der Waals surface area contributed by atoms with Crippen molar-refractivity contribution in [3.8, 4) is 0 Å². The number of halogens is 3. The van der Waals surface area contributed by atoms with Gasteiger partial charge in [-0.2, -0.15) is 0 Å². The van der Waals surface area contributed by atoms with E-state index in [4.69, 9.17) is 0 Å². The minimum absolute atomic E-state index is 0.880. The van der Waals surface area contributed by atoms with Gasteiger partial charge in [-0.05, 0) is 13.8 Å². The molecule has 3 heteroatoms. The van der Waals surface area contributed by atoms with Gasteiger partial charge in [0, 0.05) is 0 Å². The highest BCUT2D eigenvalue weighted by Gasteiger charge is 2.08. The van der Waals surface area contributed by atoms with Crippen LogP contribution in [-0.4, -0.2) is 6.17 Å². The van der Waals surface area contributed by atoms with Crippen LogP contribution in [0.2, 0.25) is 0 Å². The summed E-state index contributed by atoms with van der Waals surface area (Å²) in [5.41, 5.74) is 0. The zero-order valence-corrected chi connectivity index (χ0v) is 4.71. The number of hydrogen-bond acceptors (Lipinski definition) is 0. The zero-order valence-electron chi connectivity index (χ0n) is 4.71. The minimum Gasteiger partial charge on any atom is -0.240 e. The van der Waals surface area contributed by atoms with E-state index in [9.17, 15) is 13.2 Å². The maximum absolute atomic E-state index is 11.8. The normalized spacial score (nSPS) is 17.6. The highest BCUT2D eigenvalue weighted by Crippen LogP contribution is 2.13. The van der Waals surface area contributed by atoms with E-state index in [1.54, 1.807) is 0 Å². The van der Waals surface area contributed by atoms with Crippen LogP contribution in [-0.2, 0) is 0 Å². The Kier molecular flexibility index (Phi) is 2.58. The van der Waals surface area contributed by atoms with Crippen molar-refractivity contribution in [2.75, 3.05) is 0 Å². The molecule has 1 unspecified atom stereocenters. The van der Waals surface area contributed by atoms with Gasteiger partial charge in [0.15, 0.2) is 12.0 Å². The number of alkyl halides is 1. The average molecular weight is 124 g/mol. The molecule has 48 valence electrons. The zero-order chi connectivity index (χ0) is 6.73. The minimum atomic E-state index is -1.82. The van der Waals surface area contributed by atoms with Crippen LogP contribution >= 0.6 is 0 Å². The largest absolute Gasteiger partial charge is 0.240 e. The lowest BCUT2D eigenvalue weighted by molar-refractivity contribution is 0.333. The first-order valence-electron chi connectivity index (χ1n) is 2.21. The molecule has 0 bridgehead atoms. The summed E-state index contributed by atoms with van der Waals surface area (Å²) in [7, 11) is 0. The molecule has 0 aliphatic carbocycles. The fraction of sp³-hybridized carbons (Fsp3) is 0.600. The van der Waals surface area contributed by atoms with Crippen LogP contribution < -0.4 is 0 Å². The van der Waals surface area contributed by atoms with Crippen LogP contribution in [0.4, 0.5) is 13.2 Å². The molecule has 0 rings (SSSR count). The topological polar surface area (TPSA) is 0 Å². The van der Waals surface area contributed by atoms with E-state index in [0.29, 0.717) is 0 Å². The Morgan fingerprint density at radius 3 is 1.75 bits per heavy atom. The Hall–Kier alpha value is -0.470. The molecular formula is C5H7F3. The molecule has 0 heterocycles. The van der Waals surface area contributed by atoms with Crippen molar-refractivity contribution in [3.05, 3.63) is 11.7 Å². The van der Waals surface area contributed by atoms with Crippen molar-refractivity contribution in [2.45, 2.75) is 20.0 Å². The fourth-order valence-electron chi connectivity index (χ4n) is 0.274. The van der Waals surface area contributed by atoms with E-state index in [1.165, 1.54) is 0 Å². The van der Waals surface area contributed by atoms with Crippen LogP contribution in [0.15, 0.2) is 11.7 Å². The summed E-state index contributed by atoms with van der Waals surface area (Å²) < 4.78 is 35.1. The molecule has 0 aromatic heterocycles. The third kappa shape index (κ3) is 2.00. The smallest absolute Gasteiger partial charge is 0.165 e. The van der Waals surface area contributed by atoms with Gasteiger partial charge in [0.2, 0.25) is 0 Å². The van der Waals surface area contributed by atoms with Crippen molar-refractivity contribution in [1.29, 1.82) is 0 Å². The summed E-state index contributed by atoms with van der Waals surface area (Å²) in [6, 6.07) is 0. The van der Waals surface area contributed by atoms with E-state index in [2.05, 4.69) is 0 Å². The predicted octanol–water partition coefficient (Wildman–Crippen LogP) is 2.51. The second-order valence-electron chi connectivity index (χ2n) is 1.50. The molecule has 0 amide bonds. The lowest BCUT2D eigenvalue weighted by Crippen LogP contribution is -1.93. The van der Waals surface area contributed by atoms with Crippen LogP contribution in [0.25, 0.3) is 0 Å². The molecule has 0 aromatic rings. The quantitative estimate of drug-likeness (QED) is 0.503. The fourth-order valence-corrected chi connectivity index (χ4v) is 0.274. The van der Waals surface area contributed by atoms with Gasteiger partial charge >= 0.3 is 0 Å². The molecule has 0 radical (unpaired) electrons. The highest BCUT2D eigenvalue weighted by molar-refractivity contribution is 5.00. The maximum atomic E-state index is 11.8. The Bertz CT molecular complexity index is 100. The van der Waals surface area contributed by atoms with Crippen molar-refractivity contribution < 1.29 is 13.2 Å².